The molecule has 2 saturated heterocycles. The SMILES string of the molecule is COc1ccc(C[C@@H]2NC(=O)[C@H]([C@@H](C)O)NC(=O)[C@@H]3[C@@H]4CCN3C(=O)[C@@H]3Cc5cn(c6ccc(F)cc56)CCCCCCN(Cc5ccc(cc5)CCNC(=O)[C@]5(C)CCCN5C2=O)C(=O)CCC(=O)C[C@@H](C)C(=O)N[C@H](CNC(=O)CCOCCOCC[N+](C)(C)C)C(=O)N[C@@H](Cc2cccc(c2)CNC(=O)CO4)C(=O)N3)cc1. The number of methoxy groups -OCH3 is 1. The van der Waals surface area contributed by atoms with Gasteiger partial charge >= 0.3 is 0 Å². The van der Waals surface area contributed by atoms with Crippen molar-refractivity contribution in [3.05, 3.63) is 136 Å². The molecule has 1 aromatic heterocycles. The summed E-state index contributed by atoms with van der Waals surface area (Å²) in [5.41, 5.74) is 2.74. The van der Waals surface area contributed by atoms with Crippen LogP contribution >= 0.6 is 0 Å². The normalized spacial score (nSPS) is 24.6. The number of ketones is 1. The number of ether oxygens (including phenoxy) is 4. The molecule has 11 amide bonds. The Morgan fingerprint density at radius 3 is 2.14 bits per heavy atom. The van der Waals surface area contributed by atoms with Crippen molar-refractivity contribution < 1.29 is 90.5 Å². The van der Waals surface area contributed by atoms with E-state index in [1.807, 2.05) is 50.0 Å². The number of benzene rings is 4. The predicted molar refractivity (Wildman–Crippen MR) is 422 cm³/mol. The van der Waals surface area contributed by atoms with Crippen LogP contribution in [0.1, 0.15) is 125 Å². The first-order valence-electron chi connectivity index (χ1n) is 40.1. The van der Waals surface area contributed by atoms with E-state index in [2.05, 4.69) is 42.5 Å². The fourth-order valence-corrected chi connectivity index (χ4v) is 15.3. The molecular formula is C84H113FN13O17+. The summed E-state index contributed by atoms with van der Waals surface area (Å²) >= 11 is 0. The van der Waals surface area contributed by atoms with Gasteiger partial charge in [0.25, 0.3) is 0 Å². The predicted octanol–water partition coefficient (Wildman–Crippen LogP) is 2.51. The van der Waals surface area contributed by atoms with Crippen molar-refractivity contribution in [1.29, 1.82) is 0 Å². The van der Waals surface area contributed by atoms with Crippen LogP contribution in [0, 0.1) is 11.7 Å². The Morgan fingerprint density at radius 2 is 1.40 bits per heavy atom. The van der Waals surface area contributed by atoms with Crippen LogP contribution in [0.15, 0.2) is 97.2 Å². The number of fused-ring (bicyclic) bond motifs is 16. The number of hydrogen-bond acceptors (Lipinski definition) is 17. The van der Waals surface area contributed by atoms with Gasteiger partial charge in [0.05, 0.1) is 66.9 Å². The summed E-state index contributed by atoms with van der Waals surface area (Å²) in [5.74, 6) is -9.95. The Balaban J connectivity index is 1.06. The molecule has 31 heteroatoms. The number of carbonyl (C=O) groups excluding carboxylic acids is 12. The lowest BCUT2D eigenvalue weighted by molar-refractivity contribution is -0.870. The summed E-state index contributed by atoms with van der Waals surface area (Å²) in [4.78, 5) is 183. The first-order chi connectivity index (χ1) is 55.0. The number of hydrogen-bond donors (Lipinski definition) is 9. The quantitative estimate of drug-likeness (QED) is 0.0537. The highest BCUT2D eigenvalue weighted by atomic mass is 19.1. The van der Waals surface area contributed by atoms with E-state index in [9.17, 15) is 33.9 Å². The van der Waals surface area contributed by atoms with Crippen molar-refractivity contribution in [1.82, 2.24) is 61.8 Å². The molecular weight excluding hydrogens is 1480 g/mol. The maximum Gasteiger partial charge on any atom is 0.246 e. The zero-order valence-electron chi connectivity index (χ0n) is 67.0. The van der Waals surface area contributed by atoms with Gasteiger partial charge in [-0.05, 0) is 116 Å². The summed E-state index contributed by atoms with van der Waals surface area (Å²) < 4.78 is 41.6. The van der Waals surface area contributed by atoms with E-state index in [4.69, 9.17) is 18.9 Å². The number of aryl methyl sites for hydroxylation is 1. The summed E-state index contributed by atoms with van der Waals surface area (Å²) in [7, 11) is 7.61. The zero-order valence-corrected chi connectivity index (χ0v) is 67.0. The number of aliphatic hydroxyl groups is 1. The molecule has 7 heterocycles. The summed E-state index contributed by atoms with van der Waals surface area (Å²) in [6.45, 7) is 5.73. The lowest BCUT2D eigenvalue weighted by Crippen LogP contribution is -2.64. The molecule has 622 valence electrons. The monoisotopic (exact) mass is 1590 g/mol. The summed E-state index contributed by atoms with van der Waals surface area (Å²) in [6, 6.07) is 15.3. The third kappa shape index (κ3) is 24.4. The molecule has 0 radical (unpaired) electrons. The molecule has 5 aromatic rings. The number of likely N-dealkylation sites (N-methyl/N-ethyl adjacent to an activating group) is 1. The van der Waals surface area contributed by atoms with E-state index in [0.29, 0.717) is 102 Å². The maximum atomic E-state index is 16.3. The molecule has 0 spiro atoms. The third-order valence-corrected chi connectivity index (χ3v) is 22.0. The molecule has 2 fully saturated rings. The van der Waals surface area contributed by atoms with Gasteiger partial charge in [-0.3, -0.25) is 57.5 Å². The van der Waals surface area contributed by atoms with Crippen LogP contribution < -0.4 is 47.3 Å². The van der Waals surface area contributed by atoms with Gasteiger partial charge in [0.1, 0.15) is 72.3 Å². The number of Topliss-reactive ketones (excluding diaryl/α,β-unsaturated/α-hetero) is 1. The minimum atomic E-state index is -1.86. The molecule has 9 N–H and O–H groups in total. The number of halogens is 1. The number of carbonyl (C=O) groups is 12. The first-order valence-corrected chi connectivity index (χ1v) is 40.1. The Kier molecular flexibility index (Phi) is 31.0. The Morgan fingerprint density at radius 1 is 0.687 bits per heavy atom. The highest BCUT2D eigenvalue weighted by Crippen LogP contribution is 2.33. The van der Waals surface area contributed by atoms with E-state index < -0.39 is 144 Å². The standard InChI is InChI=1S/C84H112FN13O17/c1-53-42-62(100)23-27-73(103)95-34-11-9-8-10-33-94-51-60(64-47-61(85)22-26-69(64)94)46-67-81(109)96-36-29-70(115-52-72(102)87-48-59-15-12-14-58(43-59)45-65(77(105)90-67)89-78(106)68(92-76(53)104)49-88-71(101)30-38-113-40-41-114-39-37-98(4,5)6)75(96)80(108)93-74(54(2)99)79(107)91-66(44-56-20-24-63(112-7)25-21-56)82(110)97-35-13-31-84(97,3)83(111)86-32-28-55-16-18-57(50-95)19-17-55/h12,14-22,24-26,43,47,51,53-54,65-68,70,74-75,99H,8-11,13,23,27-42,44-46,48-50,52H2,1-7H3,(H7-,86,87,88,89,90,91,92,93,101,102,104,105,106,107,108,111)/p+1/t53-,54-,65+,66+,67+,68-,70+,74+,75+,84+/m1/s1. The van der Waals surface area contributed by atoms with Crippen molar-refractivity contribution in [2.75, 3.05) is 101 Å². The molecule has 11 rings (SSSR count). The lowest BCUT2D eigenvalue weighted by atomic mass is 9.95. The van der Waals surface area contributed by atoms with Gasteiger partial charge in [-0.25, -0.2) is 4.39 Å². The van der Waals surface area contributed by atoms with E-state index >= 15 is 33.2 Å². The van der Waals surface area contributed by atoms with Gasteiger partial charge in [-0.2, -0.15) is 0 Å². The van der Waals surface area contributed by atoms with Crippen LogP contribution in [-0.2, 0) is 117 Å². The van der Waals surface area contributed by atoms with E-state index in [1.54, 1.807) is 72.6 Å². The van der Waals surface area contributed by atoms with Gasteiger partial charge in [0.15, 0.2) is 0 Å². The third-order valence-electron chi connectivity index (χ3n) is 22.0. The van der Waals surface area contributed by atoms with E-state index in [1.165, 1.54) is 38.0 Å². The second kappa shape index (κ2) is 40.9. The average molecular weight is 1600 g/mol. The van der Waals surface area contributed by atoms with Crippen LogP contribution in [-0.4, -0.2) is 254 Å². The molecule has 30 nitrogen and oxygen atoms in total. The Labute approximate surface area is 670 Å². The summed E-state index contributed by atoms with van der Waals surface area (Å²) in [5, 5.41) is 34.5. The highest BCUT2D eigenvalue weighted by molar-refractivity contribution is 6.00. The van der Waals surface area contributed by atoms with E-state index in [0.717, 1.165) is 22.6 Å². The van der Waals surface area contributed by atoms with Crippen LogP contribution in [0.2, 0.25) is 0 Å². The number of aliphatic hydroxyl groups excluding tert-OH is 1. The summed E-state index contributed by atoms with van der Waals surface area (Å²) in [6.07, 6.45) is 0.475. The van der Waals surface area contributed by atoms with Crippen molar-refractivity contribution in [3.8, 4) is 5.75 Å². The molecule has 6 aliphatic rings. The van der Waals surface area contributed by atoms with Crippen molar-refractivity contribution in [2.24, 2.45) is 5.92 Å². The van der Waals surface area contributed by atoms with Crippen LogP contribution in [0.3, 0.4) is 0 Å². The molecule has 115 heavy (non-hydrogen) atoms. The van der Waals surface area contributed by atoms with Crippen LogP contribution in [0.4, 0.5) is 4.39 Å². The number of amides is 11. The molecule has 10 atom stereocenters. The maximum absolute atomic E-state index is 16.3. The Bertz CT molecular complexity index is 4280. The van der Waals surface area contributed by atoms with Gasteiger partial charge in [0.2, 0.25) is 65.0 Å². The smallest absolute Gasteiger partial charge is 0.246 e. The molecule has 6 aliphatic heterocycles. The fourth-order valence-electron chi connectivity index (χ4n) is 15.3. The molecule has 4 aromatic carbocycles. The van der Waals surface area contributed by atoms with Crippen molar-refractivity contribution in [3.63, 3.8) is 0 Å². The van der Waals surface area contributed by atoms with Crippen molar-refractivity contribution >= 4 is 81.7 Å². The number of nitrogens with one attached hydrogen (secondary N) is 8. The van der Waals surface area contributed by atoms with Gasteiger partial charge in [-0.15, -0.1) is 0 Å². The van der Waals surface area contributed by atoms with Gasteiger partial charge < -0.3 is 90.3 Å². The average Bonchev–Trinajstić information content (AvgIpc) is 1.67. The first kappa shape index (κ1) is 87.2. The number of aromatic nitrogens is 1. The lowest BCUT2D eigenvalue weighted by Gasteiger charge is -2.37. The van der Waals surface area contributed by atoms with E-state index in [-0.39, 0.29) is 116 Å². The Hall–Kier alpha value is -10.2. The molecule has 0 unspecified atom stereocenters. The molecule has 12 bridgehead atoms. The second-order valence-electron chi connectivity index (χ2n) is 32.0. The number of nitrogens with zero attached hydrogens (tertiary/aromatic N) is 5. The minimum Gasteiger partial charge on any atom is -0.497 e. The number of rotatable bonds is 15. The molecule has 0 aliphatic carbocycles. The van der Waals surface area contributed by atoms with Gasteiger partial charge in [-0.1, -0.05) is 80.4 Å². The highest BCUT2D eigenvalue weighted by Gasteiger charge is 2.50. The topological polar surface area (TPSA) is 373 Å². The minimum absolute atomic E-state index is 0.0333. The van der Waals surface area contributed by atoms with Crippen LogP contribution in [0.5, 0.6) is 5.75 Å². The number of quaternary nitrogens is 1. The van der Waals surface area contributed by atoms with Crippen molar-refractivity contribution in [2.45, 2.75) is 191 Å². The fraction of sp³-hybridized carbons (Fsp3) is 0.548. The van der Waals surface area contributed by atoms with Gasteiger partial charge in [0, 0.05) is 120 Å². The van der Waals surface area contributed by atoms with Crippen LogP contribution in [0.25, 0.3) is 10.9 Å². The zero-order chi connectivity index (χ0) is 82.5. The molecule has 0 saturated carbocycles. The second-order valence-corrected chi connectivity index (χ2v) is 32.0. The largest absolute Gasteiger partial charge is 0.497 e.